The first-order valence-electron chi connectivity index (χ1n) is 9.08. The molecule has 0 saturated heterocycles. The second-order valence-corrected chi connectivity index (χ2v) is 7.80. The van der Waals surface area contributed by atoms with Crippen molar-refractivity contribution in [3.05, 3.63) is 23.8 Å². The zero-order valence-electron chi connectivity index (χ0n) is 17.1. The van der Waals surface area contributed by atoms with Crippen LogP contribution in [0.25, 0.3) is 0 Å². The Bertz CT molecular complexity index is 699. The molecular weight excluding hydrogens is 495 g/mol. The van der Waals surface area contributed by atoms with Gasteiger partial charge in [0.1, 0.15) is 0 Å². The summed E-state index contributed by atoms with van der Waals surface area (Å²) in [5, 5.41) is 6.42. The molecule has 0 heterocycles. The zero-order chi connectivity index (χ0) is 20.1. The number of hydrogen-bond acceptors (Lipinski definition) is 5. The van der Waals surface area contributed by atoms with Gasteiger partial charge >= 0.3 is 0 Å². The van der Waals surface area contributed by atoms with Gasteiger partial charge in [-0.2, -0.15) is 0 Å². The van der Waals surface area contributed by atoms with E-state index >= 15 is 0 Å². The number of methoxy groups -OCH3 is 1. The van der Waals surface area contributed by atoms with E-state index in [-0.39, 0.29) is 24.0 Å². The predicted molar refractivity (Wildman–Crippen MR) is 125 cm³/mol. The Morgan fingerprint density at radius 1 is 1.11 bits per heavy atom. The lowest BCUT2D eigenvalue weighted by atomic mass is 10.1. The number of nitrogens with zero attached hydrogens (tertiary/aromatic N) is 1. The highest BCUT2D eigenvalue weighted by molar-refractivity contribution is 14.0. The van der Waals surface area contributed by atoms with Crippen LogP contribution in [0.2, 0.25) is 0 Å². The van der Waals surface area contributed by atoms with Gasteiger partial charge in [0, 0.05) is 26.7 Å². The van der Waals surface area contributed by atoms with Gasteiger partial charge in [0.2, 0.25) is 10.0 Å². The Balaban J connectivity index is 0.00000729. The number of rotatable bonds is 12. The number of guanidine groups is 1. The first kappa shape index (κ1) is 26.7. The van der Waals surface area contributed by atoms with Crippen LogP contribution in [0.5, 0.6) is 11.5 Å². The maximum Gasteiger partial charge on any atom is 0.208 e. The van der Waals surface area contributed by atoms with Gasteiger partial charge in [-0.3, -0.25) is 4.99 Å². The minimum atomic E-state index is -3.13. The van der Waals surface area contributed by atoms with Gasteiger partial charge in [0.15, 0.2) is 17.5 Å². The van der Waals surface area contributed by atoms with Gasteiger partial charge in [-0.25, -0.2) is 13.1 Å². The highest BCUT2D eigenvalue weighted by Gasteiger charge is 2.05. The highest BCUT2D eigenvalue weighted by atomic mass is 127. The van der Waals surface area contributed by atoms with E-state index in [2.05, 4.69) is 20.3 Å². The molecule has 0 aliphatic heterocycles. The summed E-state index contributed by atoms with van der Waals surface area (Å²) in [4.78, 5) is 4.16. The second-order valence-electron chi connectivity index (χ2n) is 5.97. The van der Waals surface area contributed by atoms with Crippen molar-refractivity contribution < 1.29 is 17.9 Å². The van der Waals surface area contributed by atoms with E-state index < -0.39 is 10.0 Å². The normalized spacial score (nSPS) is 11.5. The molecule has 0 fully saturated rings. The molecule has 0 amide bonds. The minimum Gasteiger partial charge on any atom is -0.493 e. The van der Waals surface area contributed by atoms with Gasteiger partial charge in [-0.05, 0) is 43.9 Å². The third kappa shape index (κ3) is 11.5. The van der Waals surface area contributed by atoms with Crippen LogP contribution in [-0.2, 0) is 16.4 Å². The SMILES string of the molecule is CCOc1cc(CCCNC(=NC)NCCCNS(C)(=O)=O)ccc1OC.I. The van der Waals surface area contributed by atoms with Gasteiger partial charge in [-0.15, -0.1) is 24.0 Å². The molecule has 1 aromatic rings. The number of hydrogen-bond donors (Lipinski definition) is 3. The van der Waals surface area contributed by atoms with Crippen molar-refractivity contribution in [3.8, 4) is 11.5 Å². The first-order valence-corrected chi connectivity index (χ1v) is 11.0. The molecule has 0 spiro atoms. The van der Waals surface area contributed by atoms with Crippen LogP contribution in [0.15, 0.2) is 23.2 Å². The van der Waals surface area contributed by atoms with Crippen molar-refractivity contribution in [1.82, 2.24) is 15.4 Å². The molecule has 3 N–H and O–H groups in total. The van der Waals surface area contributed by atoms with E-state index in [1.54, 1.807) is 14.2 Å². The third-order valence-electron chi connectivity index (χ3n) is 3.70. The molecule has 0 unspecified atom stereocenters. The van der Waals surface area contributed by atoms with E-state index in [0.29, 0.717) is 32.1 Å². The van der Waals surface area contributed by atoms with E-state index in [9.17, 15) is 8.42 Å². The summed E-state index contributed by atoms with van der Waals surface area (Å²) in [5.74, 6) is 2.22. The molecule has 0 aliphatic rings. The molecule has 0 bridgehead atoms. The van der Waals surface area contributed by atoms with Crippen LogP contribution >= 0.6 is 24.0 Å². The Kier molecular flexibility index (Phi) is 14.0. The van der Waals surface area contributed by atoms with E-state index in [0.717, 1.165) is 37.1 Å². The molecule has 28 heavy (non-hydrogen) atoms. The van der Waals surface area contributed by atoms with E-state index in [4.69, 9.17) is 9.47 Å². The number of sulfonamides is 1. The average Bonchev–Trinajstić information content (AvgIpc) is 2.62. The Labute approximate surface area is 185 Å². The summed E-state index contributed by atoms with van der Waals surface area (Å²) >= 11 is 0. The Morgan fingerprint density at radius 2 is 1.79 bits per heavy atom. The quantitative estimate of drug-likeness (QED) is 0.166. The molecule has 10 heteroatoms. The minimum absolute atomic E-state index is 0. The Morgan fingerprint density at radius 3 is 2.36 bits per heavy atom. The van der Waals surface area contributed by atoms with Crippen molar-refractivity contribution >= 4 is 40.0 Å². The fraction of sp³-hybridized carbons (Fsp3) is 0.611. The van der Waals surface area contributed by atoms with Gasteiger partial charge in [0.25, 0.3) is 0 Å². The molecule has 0 radical (unpaired) electrons. The molecular formula is C18H33IN4O4S. The van der Waals surface area contributed by atoms with Crippen molar-refractivity contribution in [3.63, 3.8) is 0 Å². The second kappa shape index (κ2) is 14.7. The van der Waals surface area contributed by atoms with Crippen molar-refractivity contribution in [2.75, 3.05) is 46.7 Å². The van der Waals surface area contributed by atoms with Gasteiger partial charge in [0.05, 0.1) is 20.0 Å². The standard InChI is InChI=1S/C18H32N4O4S.HI/c1-5-26-17-14-15(9-10-16(17)25-3)8-6-11-20-18(19-2)21-12-7-13-22-27(4,23)24;/h9-10,14,22H,5-8,11-13H2,1-4H3,(H2,19,20,21);1H. The lowest BCUT2D eigenvalue weighted by Gasteiger charge is -2.13. The molecule has 1 rings (SSSR count). The monoisotopic (exact) mass is 528 g/mol. The van der Waals surface area contributed by atoms with Crippen LogP contribution in [0.1, 0.15) is 25.3 Å². The van der Waals surface area contributed by atoms with Crippen LogP contribution in [0.4, 0.5) is 0 Å². The first-order chi connectivity index (χ1) is 12.9. The fourth-order valence-electron chi connectivity index (χ4n) is 2.42. The largest absolute Gasteiger partial charge is 0.493 e. The number of nitrogens with one attached hydrogen (secondary N) is 3. The molecule has 8 nitrogen and oxygen atoms in total. The maximum atomic E-state index is 11.0. The number of benzene rings is 1. The lowest BCUT2D eigenvalue weighted by Crippen LogP contribution is -2.39. The molecule has 162 valence electrons. The van der Waals surface area contributed by atoms with Crippen LogP contribution < -0.4 is 24.8 Å². The number of aryl methyl sites for hydroxylation is 1. The van der Waals surface area contributed by atoms with Gasteiger partial charge < -0.3 is 20.1 Å². The number of halogens is 1. The summed E-state index contributed by atoms with van der Waals surface area (Å²) in [6.07, 6.45) is 3.68. The van der Waals surface area contributed by atoms with Crippen molar-refractivity contribution in [2.45, 2.75) is 26.2 Å². The topological polar surface area (TPSA) is 101 Å². The summed E-state index contributed by atoms with van der Waals surface area (Å²) < 4.78 is 35.3. The summed E-state index contributed by atoms with van der Waals surface area (Å²) in [6, 6.07) is 5.99. The predicted octanol–water partition coefficient (Wildman–Crippen LogP) is 1.75. The van der Waals surface area contributed by atoms with Crippen LogP contribution in [-0.4, -0.2) is 61.0 Å². The summed E-state index contributed by atoms with van der Waals surface area (Å²) in [5.41, 5.74) is 1.19. The maximum absolute atomic E-state index is 11.0. The number of ether oxygens (including phenoxy) is 2. The summed E-state index contributed by atoms with van der Waals surface area (Å²) in [6.45, 7) is 4.37. The highest BCUT2D eigenvalue weighted by Crippen LogP contribution is 2.28. The molecule has 1 aromatic carbocycles. The summed E-state index contributed by atoms with van der Waals surface area (Å²) in [7, 11) is 0.220. The molecule has 0 aromatic heterocycles. The average molecular weight is 528 g/mol. The van der Waals surface area contributed by atoms with Crippen molar-refractivity contribution in [2.24, 2.45) is 4.99 Å². The zero-order valence-corrected chi connectivity index (χ0v) is 20.2. The van der Waals surface area contributed by atoms with Crippen molar-refractivity contribution in [1.29, 1.82) is 0 Å². The van der Waals surface area contributed by atoms with E-state index in [1.807, 2.05) is 25.1 Å². The third-order valence-corrected chi connectivity index (χ3v) is 4.42. The fourth-order valence-corrected chi connectivity index (χ4v) is 2.93. The molecule has 0 saturated carbocycles. The van der Waals surface area contributed by atoms with Crippen LogP contribution in [0, 0.1) is 0 Å². The van der Waals surface area contributed by atoms with E-state index in [1.165, 1.54) is 5.56 Å². The van der Waals surface area contributed by atoms with Gasteiger partial charge in [-0.1, -0.05) is 6.07 Å². The molecule has 0 atom stereocenters. The number of aliphatic imine (C=N–C) groups is 1. The van der Waals surface area contributed by atoms with Crippen LogP contribution in [0.3, 0.4) is 0 Å². The Hall–Kier alpha value is -1.27. The molecule has 0 aliphatic carbocycles. The smallest absolute Gasteiger partial charge is 0.208 e. The lowest BCUT2D eigenvalue weighted by molar-refractivity contribution is 0.310.